The Balaban J connectivity index is 1.72. The van der Waals surface area contributed by atoms with Gasteiger partial charge >= 0.3 is 0 Å². The van der Waals surface area contributed by atoms with E-state index in [0.717, 1.165) is 0 Å². The fraction of sp³-hybridized carbons (Fsp3) is 0.429. The lowest BCUT2D eigenvalue weighted by atomic mass is 9.80. The van der Waals surface area contributed by atoms with Gasteiger partial charge in [-0.1, -0.05) is 79.7 Å². The number of aryl methyl sites for hydroxylation is 1. The first-order chi connectivity index (χ1) is 13.8. The Morgan fingerprint density at radius 3 is 1.97 bits per heavy atom. The van der Waals surface area contributed by atoms with Crippen LogP contribution in [0, 0.1) is 6.92 Å². The van der Waals surface area contributed by atoms with Crippen molar-refractivity contribution in [2.45, 2.75) is 78.6 Å². The average Bonchev–Trinajstić information content (AvgIpc) is 3.13. The first-order valence-electron chi connectivity index (χ1n) is 11.0. The van der Waals surface area contributed by atoms with Crippen LogP contribution in [0.25, 0.3) is 10.4 Å². The zero-order valence-electron chi connectivity index (χ0n) is 19.9. The minimum atomic E-state index is 0.0443. The van der Waals surface area contributed by atoms with Gasteiger partial charge in [0.05, 0.1) is 5.00 Å². The number of fused-ring (bicyclic) bond motifs is 3. The molecule has 30 heavy (non-hydrogen) atoms. The van der Waals surface area contributed by atoms with E-state index >= 15 is 0 Å². The molecular formula is C28H35NS. The minimum Gasteiger partial charge on any atom is -0.347 e. The standard InChI is InChI=1S/C28H35NS/c1-17-14-18(26(2,3)4)11-13-23(17)29-24-16-22-25(30-24)20-15-19(27(5,6)7)10-12-21(20)28(22,8)9/h10-16,29H,1-9H3. The maximum Gasteiger partial charge on any atom is 0.0936 e. The second-order valence-electron chi connectivity index (χ2n) is 11.4. The Labute approximate surface area is 186 Å². The molecule has 3 aromatic rings. The molecule has 1 aromatic heterocycles. The number of rotatable bonds is 2. The zero-order valence-corrected chi connectivity index (χ0v) is 20.8. The first-order valence-corrected chi connectivity index (χ1v) is 11.8. The molecule has 1 aliphatic rings. The van der Waals surface area contributed by atoms with Gasteiger partial charge in [0, 0.05) is 16.0 Å². The lowest BCUT2D eigenvalue weighted by Crippen LogP contribution is -2.16. The van der Waals surface area contributed by atoms with Gasteiger partial charge in [0.2, 0.25) is 0 Å². The molecule has 0 unspecified atom stereocenters. The molecule has 2 aromatic carbocycles. The zero-order chi connectivity index (χ0) is 22.1. The van der Waals surface area contributed by atoms with E-state index in [2.05, 4.69) is 110 Å². The van der Waals surface area contributed by atoms with Gasteiger partial charge in [0.25, 0.3) is 0 Å². The number of anilines is 2. The van der Waals surface area contributed by atoms with E-state index in [-0.39, 0.29) is 16.2 Å². The third kappa shape index (κ3) is 3.50. The van der Waals surface area contributed by atoms with E-state index in [0.29, 0.717) is 0 Å². The number of thiophene rings is 1. The Hall–Kier alpha value is -2.06. The molecule has 0 fully saturated rings. The third-order valence-electron chi connectivity index (χ3n) is 6.56. The van der Waals surface area contributed by atoms with Gasteiger partial charge in [-0.25, -0.2) is 0 Å². The van der Waals surface area contributed by atoms with Crippen LogP contribution in [0.2, 0.25) is 0 Å². The lowest BCUT2D eigenvalue weighted by Gasteiger charge is -2.24. The van der Waals surface area contributed by atoms with Crippen LogP contribution in [-0.2, 0) is 16.2 Å². The van der Waals surface area contributed by atoms with Gasteiger partial charge in [-0.15, -0.1) is 11.3 Å². The second kappa shape index (κ2) is 6.72. The quantitative estimate of drug-likeness (QED) is 0.439. The summed E-state index contributed by atoms with van der Waals surface area (Å²) in [6.07, 6.45) is 0. The molecule has 0 radical (unpaired) electrons. The van der Waals surface area contributed by atoms with Crippen molar-refractivity contribution in [1.29, 1.82) is 0 Å². The van der Waals surface area contributed by atoms with Gasteiger partial charge in [-0.3, -0.25) is 0 Å². The van der Waals surface area contributed by atoms with Crippen molar-refractivity contribution in [3.05, 3.63) is 70.3 Å². The van der Waals surface area contributed by atoms with Crippen LogP contribution in [0.3, 0.4) is 0 Å². The van der Waals surface area contributed by atoms with Crippen LogP contribution >= 0.6 is 11.3 Å². The van der Waals surface area contributed by atoms with E-state index in [1.807, 2.05) is 11.3 Å². The van der Waals surface area contributed by atoms with Crippen LogP contribution in [0.5, 0.6) is 0 Å². The summed E-state index contributed by atoms with van der Waals surface area (Å²) in [4.78, 5) is 1.42. The molecule has 2 heteroatoms. The summed E-state index contributed by atoms with van der Waals surface area (Å²) in [6, 6.07) is 16.3. The summed E-state index contributed by atoms with van der Waals surface area (Å²) >= 11 is 1.89. The fourth-order valence-corrected chi connectivity index (χ4v) is 5.67. The van der Waals surface area contributed by atoms with E-state index in [4.69, 9.17) is 0 Å². The second-order valence-corrected chi connectivity index (χ2v) is 12.4. The van der Waals surface area contributed by atoms with Crippen LogP contribution in [0.15, 0.2) is 42.5 Å². The predicted octanol–water partition coefficient (Wildman–Crippen LogP) is 8.70. The molecule has 0 aliphatic heterocycles. The predicted molar refractivity (Wildman–Crippen MR) is 134 cm³/mol. The highest BCUT2D eigenvalue weighted by molar-refractivity contribution is 7.19. The van der Waals surface area contributed by atoms with E-state index in [9.17, 15) is 0 Å². The van der Waals surface area contributed by atoms with Gasteiger partial charge < -0.3 is 5.32 Å². The van der Waals surface area contributed by atoms with Gasteiger partial charge in [-0.05, 0) is 69.3 Å². The van der Waals surface area contributed by atoms with Crippen LogP contribution < -0.4 is 5.32 Å². The SMILES string of the molecule is Cc1cc(C(C)(C)C)ccc1Nc1cc2c(s1)-c1cc(C(C)(C)C)ccc1C2(C)C. The van der Waals surface area contributed by atoms with Crippen molar-refractivity contribution in [3.8, 4) is 10.4 Å². The Bertz CT molecular complexity index is 1120. The molecular weight excluding hydrogens is 382 g/mol. The summed E-state index contributed by atoms with van der Waals surface area (Å²) < 4.78 is 0. The van der Waals surface area contributed by atoms with E-state index < -0.39 is 0 Å². The number of nitrogens with one attached hydrogen (secondary N) is 1. The molecule has 1 N–H and O–H groups in total. The normalized spacial score (nSPS) is 15.1. The van der Waals surface area contributed by atoms with Gasteiger partial charge in [0.1, 0.15) is 0 Å². The smallest absolute Gasteiger partial charge is 0.0936 e. The summed E-state index contributed by atoms with van der Waals surface area (Å²) in [7, 11) is 0. The molecule has 1 aliphatic carbocycles. The summed E-state index contributed by atoms with van der Waals surface area (Å²) in [5, 5.41) is 4.94. The van der Waals surface area contributed by atoms with Crippen molar-refractivity contribution in [2.24, 2.45) is 0 Å². The molecule has 0 amide bonds. The largest absolute Gasteiger partial charge is 0.347 e. The lowest BCUT2D eigenvalue weighted by molar-refractivity contribution is 0.589. The van der Waals surface area contributed by atoms with Crippen molar-refractivity contribution in [2.75, 3.05) is 5.32 Å². The number of hydrogen-bond acceptors (Lipinski definition) is 2. The molecule has 0 atom stereocenters. The average molecular weight is 418 g/mol. The third-order valence-corrected chi connectivity index (χ3v) is 7.64. The summed E-state index contributed by atoms with van der Waals surface area (Å²) in [5.41, 5.74) is 9.97. The molecule has 0 spiro atoms. The molecule has 158 valence electrons. The first kappa shape index (κ1) is 21.2. The topological polar surface area (TPSA) is 12.0 Å². The van der Waals surface area contributed by atoms with Crippen LogP contribution in [0.4, 0.5) is 10.7 Å². The highest BCUT2D eigenvalue weighted by atomic mass is 32.1. The fourth-order valence-electron chi connectivity index (χ4n) is 4.41. The van der Waals surface area contributed by atoms with Gasteiger partial charge in [0.15, 0.2) is 0 Å². The number of benzene rings is 2. The monoisotopic (exact) mass is 417 g/mol. The molecule has 0 saturated heterocycles. The molecule has 0 saturated carbocycles. The highest BCUT2D eigenvalue weighted by Crippen LogP contribution is 2.54. The van der Waals surface area contributed by atoms with Crippen molar-refractivity contribution >= 4 is 22.0 Å². The van der Waals surface area contributed by atoms with E-state index in [1.165, 1.54) is 48.9 Å². The van der Waals surface area contributed by atoms with Crippen molar-refractivity contribution < 1.29 is 0 Å². The maximum absolute atomic E-state index is 3.71. The Kier molecular flexibility index (Phi) is 4.74. The van der Waals surface area contributed by atoms with Crippen LogP contribution in [-0.4, -0.2) is 0 Å². The molecule has 0 bridgehead atoms. The highest BCUT2D eigenvalue weighted by Gasteiger charge is 2.38. The van der Waals surface area contributed by atoms with Crippen molar-refractivity contribution in [3.63, 3.8) is 0 Å². The van der Waals surface area contributed by atoms with Gasteiger partial charge in [-0.2, -0.15) is 0 Å². The van der Waals surface area contributed by atoms with Crippen molar-refractivity contribution in [1.82, 2.24) is 0 Å². The summed E-state index contributed by atoms with van der Waals surface area (Å²) in [5.74, 6) is 0. The van der Waals surface area contributed by atoms with E-state index in [1.54, 1.807) is 0 Å². The Morgan fingerprint density at radius 1 is 0.767 bits per heavy atom. The van der Waals surface area contributed by atoms with Crippen LogP contribution in [0.1, 0.15) is 83.2 Å². The Morgan fingerprint density at radius 2 is 1.37 bits per heavy atom. The molecule has 1 heterocycles. The molecule has 4 rings (SSSR count). The summed E-state index contributed by atoms with van der Waals surface area (Å²) in [6.45, 7) is 20.6. The maximum atomic E-state index is 3.71. The minimum absolute atomic E-state index is 0.0443. The molecule has 1 nitrogen and oxygen atoms in total. The number of hydrogen-bond donors (Lipinski definition) is 1.